The zero-order valence-corrected chi connectivity index (χ0v) is 14.3. The quantitative estimate of drug-likeness (QED) is 0.901. The van der Waals surface area contributed by atoms with Crippen molar-refractivity contribution in [2.45, 2.75) is 32.7 Å². The van der Waals surface area contributed by atoms with Crippen LogP contribution in [-0.4, -0.2) is 30.1 Å². The third-order valence-electron chi connectivity index (χ3n) is 4.31. The van der Waals surface area contributed by atoms with Crippen molar-refractivity contribution >= 4 is 28.2 Å². The molecule has 0 saturated carbocycles. The first-order valence-corrected chi connectivity index (χ1v) is 8.79. The zero-order chi connectivity index (χ0) is 16.2. The number of urea groups is 1. The molecule has 1 atom stereocenters. The maximum absolute atomic E-state index is 12.1. The summed E-state index contributed by atoms with van der Waals surface area (Å²) in [5, 5.41) is 8.92. The van der Waals surface area contributed by atoms with E-state index in [2.05, 4.69) is 27.4 Å². The largest absolute Gasteiger partial charge is 0.343 e. The highest BCUT2D eigenvalue weighted by Gasteiger charge is 2.26. The Bertz CT molecular complexity index is 671. The molecule has 0 spiro atoms. The third-order valence-corrected chi connectivity index (χ3v) is 5.11. The summed E-state index contributed by atoms with van der Waals surface area (Å²) in [5.74, 6) is 0. The van der Waals surface area contributed by atoms with Gasteiger partial charge < -0.3 is 15.5 Å². The number of nitrogens with zero attached hydrogens (tertiary/aromatic N) is 2. The van der Waals surface area contributed by atoms with E-state index in [0.717, 1.165) is 30.2 Å². The number of hydrogen-bond acceptors (Lipinski definition) is 4. The normalized spacial score (nSPS) is 17.3. The Labute approximate surface area is 140 Å². The van der Waals surface area contributed by atoms with Crippen molar-refractivity contribution in [2.75, 3.05) is 23.3 Å². The van der Waals surface area contributed by atoms with Crippen molar-refractivity contribution in [3.05, 3.63) is 40.9 Å². The van der Waals surface area contributed by atoms with Gasteiger partial charge in [-0.25, -0.2) is 9.78 Å². The van der Waals surface area contributed by atoms with Gasteiger partial charge in [-0.15, -0.1) is 11.3 Å². The van der Waals surface area contributed by atoms with Gasteiger partial charge in [-0.3, -0.25) is 0 Å². The molecular weight excluding hydrogens is 308 g/mol. The van der Waals surface area contributed by atoms with Gasteiger partial charge in [-0.1, -0.05) is 6.07 Å². The Morgan fingerprint density at radius 2 is 2.26 bits per heavy atom. The van der Waals surface area contributed by atoms with E-state index >= 15 is 0 Å². The summed E-state index contributed by atoms with van der Waals surface area (Å²) < 4.78 is 0. The molecular formula is C17H22N4OS. The molecule has 3 rings (SSSR count). The van der Waals surface area contributed by atoms with Crippen molar-refractivity contribution < 1.29 is 4.79 Å². The topological polar surface area (TPSA) is 57.3 Å². The lowest BCUT2D eigenvalue weighted by Crippen LogP contribution is -2.41. The number of carbonyl (C=O) groups excluding carboxylic acids is 1. The van der Waals surface area contributed by atoms with Gasteiger partial charge in [-0.2, -0.15) is 0 Å². The Morgan fingerprint density at radius 3 is 3.00 bits per heavy atom. The third kappa shape index (κ3) is 3.82. The van der Waals surface area contributed by atoms with Gasteiger partial charge in [0.1, 0.15) is 0 Å². The predicted octanol–water partition coefficient (Wildman–Crippen LogP) is 3.55. The summed E-state index contributed by atoms with van der Waals surface area (Å²) in [5.41, 5.74) is 3.23. The fraction of sp³-hybridized carbons (Fsp3) is 0.412. The van der Waals surface area contributed by atoms with Gasteiger partial charge in [0, 0.05) is 36.4 Å². The minimum atomic E-state index is -0.153. The average Bonchev–Trinajstić information content (AvgIpc) is 3.19. The second-order valence-corrected chi connectivity index (χ2v) is 6.81. The molecule has 2 aromatic rings. The van der Waals surface area contributed by atoms with E-state index in [1.165, 1.54) is 11.1 Å². The summed E-state index contributed by atoms with van der Waals surface area (Å²) >= 11 is 1.65. The number of rotatable bonds is 4. The van der Waals surface area contributed by atoms with E-state index in [9.17, 15) is 4.79 Å². The predicted molar refractivity (Wildman–Crippen MR) is 95.4 cm³/mol. The van der Waals surface area contributed by atoms with Gasteiger partial charge in [0.2, 0.25) is 0 Å². The fourth-order valence-corrected chi connectivity index (χ4v) is 3.60. The van der Waals surface area contributed by atoms with Crippen molar-refractivity contribution in [1.29, 1.82) is 0 Å². The molecule has 122 valence electrons. The number of carbonyl (C=O) groups is 1. The SMILES string of the molecule is Cc1ccc(NC(=O)NCC2CCCN2c2nccs2)cc1C. The highest BCUT2D eigenvalue weighted by Crippen LogP contribution is 2.26. The van der Waals surface area contributed by atoms with Crippen molar-refractivity contribution in [3.8, 4) is 0 Å². The molecule has 1 aromatic heterocycles. The monoisotopic (exact) mass is 330 g/mol. The molecule has 0 bridgehead atoms. The summed E-state index contributed by atoms with van der Waals surface area (Å²) in [6.07, 6.45) is 4.06. The Balaban J connectivity index is 1.53. The number of aryl methyl sites for hydroxylation is 2. The van der Waals surface area contributed by atoms with Crippen LogP contribution in [0.3, 0.4) is 0 Å². The minimum absolute atomic E-state index is 0.153. The van der Waals surface area contributed by atoms with Crippen LogP contribution >= 0.6 is 11.3 Å². The minimum Gasteiger partial charge on any atom is -0.343 e. The number of aromatic nitrogens is 1. The van der Waals surface area contributed by atoms with Crippen LogP contribution in [0.5, 0.6) is 0 Å². The van der Waals surface area contributed by atoms with Crippen molar-refractivity contribution in [3.63, 3.8) is 0 Å². The highest BCUT2D eigenvalue weighted by molar-refractivity contribution is 7.13. The maximum atomic E-state index is 12.1. The highest BCUT2D eigenvalue weighted by atomic mass is 32.1. The van der Waals surface area contributed by atoms with Gasteiger partial charge in [0.05, 0.1) is 0 Å². The van der Waals surface area contributed by atoms with Crippen LogP contribution in [0.4, 0.5) is 15.6 Å². The maximum Gasteiger partial charge on any atom is 0.319 e. The summed E-state index contributed by atoms with van der Waals surface area (Å²) in [6.45, 7) is 5.75. The number of amides is 2. The van der Waals surface area contributed by atoms with E-state index in [1.807, 2.05) is 36.7 Å². The van der Waals surface area contributed by atoms with Crippen LogP contribution in [0.2, 0.25) is 0 Å². The van der Waals surface area contributed by atoms with Gasteiger partial charge in [0.15, 0.2) is 5.13 Å². The molecule has 1 aromatic carbocycles. The van der Waals surface area contributed by atoms with Crippen LogP contribution < -0.4 is 15.5 Å². The molecule has 23 heavy (non-hydrogen) atoms. The van der Waals surface area contributed by atoms with Crippen LogP contribution in [0.15, 0.2) is 29.8 Å². The lowest BCUT2D eigenvalue weighted by atomic mass is 10.1. The average molecular weight is 330 g/mol. The first-order chi connectivity index (χ1) is 11.1. The lowest BCUT2D eigenvalue weighted by molar-refractivity contribution is 0.251. The van der Waals surface area contributed by atoms with Crippen molar-refractivity contribution in [1.82, 2.24) is 10.3 Å². The second kappa shape index (κ2) is 7.00. The molecule has 1 aliphatic heterocycles. The molecule has 1 saturated heterocycles. The Kier molecular flexibility index (Phi) is 4.81. The number of hydrogen-bond donors (Lipinski definition) is 2. The van der Waals surface area contributed by atoms with E-state index in [0.29, 0.717) is 12.6 Å². The molecule has 2 amide bonds. The van der Waals surface area contributed by atoms with Gasteiger partial charge in [-0.05, 0) is 49.9 Å². The number of anilines is 2. The van der Waals surface area contributed by atoms with E-state index in [1.54, 1.807) is 11.3 Å². The van der Waals surface area contributed by atoms with Crippen LogP contribution in [-0.2, 0) is 0 Å². The molecule has 0 radical (unpaired) electrons. The molecule has 1 fully saturated rings. The zero-order valence-electron chi connectivity index (χ0n) is 13.5. The Morgan fingerprint density at radius 1 is 1.39 bits per heavy atom. The van der Waals surface area contributed by atoms with Crippen LogP contribution in [0, 0.1) is 13.8 Å². The fourth-order valence-electron chi connectivity index (χ4n) is 2.86. The van der Waals surface area contributed by atoms with E-state index in [-0.39, 0.29) is 6.03 Å². The number of thiazole rings is 1. The van der Waals surface area contributed by atoms with Gasteiger partial charge >= 0.3 is 6.03 Å². The van der Waals surface area contributed by atoms with Gasteiger partial charge in [0.25, 0.3) is 0 Å². The number of benzene rings is 1. The first kappa shape index (κ1) is 15.8. The molecule has 2 heterocycles. The molecule has 6 heteroatoms. The second-order valence-electron chi connectivity index (χ2n) is 5.94. The lowest BCUT2D eigenvalue weighted by Gasteiger charge is -2.24. The molecule has 1 unspecified atom stereocenters. The molecule has 2 N–H and O–H groups in total. The summed E-state index contributed by atoms with van der Waals surface area (Å²) in [6, 6.07) is 6.11. The standard InChI is InChI=1S/C17H22N4OS/c1-12-5-6-14(10-13(12)2)20-16(22)19-11-15-4-3-8-21(15)17-18-7-9-23-17/h5-7,9-10,15H,3-4,8,11H2,1-2H3,(H2,19,20,22). The van der Waals surface area contributed by atoms with E-state index in [4.69, 9.17) is 0 Å². The summed E-state index contributed by atoms with van der Waals surface area (Å²) in [7, 11) is 0. The van der Waals surface area contributed by atoms with E-state index < -0.39 is 0 Å². The van der Waals surface area contributed by atoms with Crippen LogP contribution in [0.25, 0.3) is 0 Å². The first-order valence-electron chi connectivity index (χ1n) is 7.92. The molecule has 0 aliphatic carbocycles. The molecule has 1 aliphatic rings. The Hall–Kier alpha value is -2.08. The molecule has 5 nitrogen and oxygen atoms in total. The smallest absolute Gasteiger partial charge is 0.319 e. The van der Waals surface area contributed by atoms with Crippen LogP contribution in [0.1, 0.15) is 24.0 Å². The number of nitrogens with one attached hydrogen (secondary N) is 2. The summed E-state index contributed by atoms with van der Waals surface area (Å²) in [4.78, 5) is 18.8. The van der Waals surface area contributed by atoms with Crippen molar-refractivity contribution in [2.24, 2.45) is 0 Å².